The Morgan fingerprint density at radius 3 is 2.78 bits per heavy atom. The van der Waals surface area contributed by atoms with Crippen LogP contribution in [0.25, 0.3) is 0 Å². The van der Waals surface area contributed by atoms with Gasteiger partial charge >= 0.3 is 0 Å². The zero-order chi connectivity index (χ0) is 16.2. The number of benzene rings is 1. The first kappa shape index (κ1) is 15.6. The molecule has 2 aromatic rings. The zero-order valence-electron chi connectivity index (χ0n) is 12.8. The van der Waals surface area contributed by atoms with Gasteiger partial charge in [0.2, 0.25) is 11.8 Å². The number of carbonyl (C=O) groups excluding carboxylic acids is 2. The Morgan fingerprint density at radius 1 is 1.35 bits per heavy atom. The van der Waals surface area contributed by atoms with Gasteiger partial charge in [-0.3, -0.25) is 9.59 Å². The topological polar surface area (TPSA) is 58.6 Å². The largest absolute Gasteiger partial charge is 0.497 e. The minimum atomic E-state index is -0.410. The number of likely N-dealkylation sites (tertiary alicyclic amines) is 1. The molecule has 1 aromatic heterocycles. The average Bonchev–Trinajstić information content (AvgIpc) is 3.19. The van der Waals surface area contributed by atoms with Crippen molar-refractivity contribution in [1.82, 2.24) is 4.90 Å². The maximum Gasteiger partial charge on any atom is 0.247 e. The van der Waals surface area contributed by atoms with E-state index < -0.39 is 6.04 Å². The highest BCUT2D eigenvalue weighted by molar-refractivity contribution is 7.09. The Hall–Kier alpha value is -2.34. The van der Waals surface area contributed by atoms with Crippen molar-refractivity contribution in [1.29, 1.82) is 0 Å². The lowest BCUT2D eigenvalue weighted by Crippen LogP contribution is -2.40. The molecule has 23 heavy (non-hydrogen) atoms. The number of amides is 2. The number of carbonyl (C=O) groups is 2. The van der Waals surface area contributed by atoms with Gasteiger partial charge < -0.3 is 15.0 Å². The zero-order valence-corrected chi connectivity index (χ0v) is 13.6. The number of thiophene rings is 1. The highest BCUT2D eigenvalue weighted by Crippen LogP contribution is 2.25. The molecule has 1 aliphatic rings. The van der Waals surface area contributed by atoms with Gasteiger partial charge in [-0.1, -0.05) is 6.07 Å². The Balaban J connectivity index is 1.68. The van der Waals surface area contributed by atoms with E-state index in [0.717, 1.165) is 10.6 Å². The summed E-state index contributed by atoms with van der Waals surface area (Å²) < 4.78 is 5.10. The molecule has 5 nitrogen and oxygen atoms in total. The van der Waals surface area contributed by atoms with Crippen LogP contribution in [0.1, 0.15) is 17.7 Å². The van der Waals surface area contributed by atoms with Gasteiger partial charge in [0.1, 0.15) is 11.8 Å². The quantitative estimate of drug-likeness (QED) is 0.917. The van der Waals surface area contributed by atoms with E-state index in [1.54, 1.807) is 47.6 Å². The smallest absolute Gasteiger partial charge is 0.247 e. The standard InChI is InChI=1S/C17H18N2O3S/c1-22-13-6-4-12(5-7-13)18-17(21)15-8-9-16(20)19(15)11-14-3-2-10-23-14/h2-7,10,15H,8-9,11H2,1H3,(H,18,21). The molecule has 2 heterocycles. The number of nitrogens with zero attached hydrogens (tertiary/aromatic N) is 1. The lowest BCUT2D eigenvalue weighted by Gasteiger charge is -2.23. The third kappa shape index (κ3) is 3.53. The number of ether oxygens (including phenoxy) is 1. The van der Waals surface area contributed by atoms with Crippen molar-refractivity contribution in [3.63, 3.8) is 0 Å². The summed E-state index contributed by atoms with van der Waals surface area (Å²) in [5.74, 6) is 0.629. The van der Waals surface area contributed by atoms with Crippen LogP contribution in [0, 0.1) is 0 Å². The van der Waals surface area contributed by atoms with Crippen LogP contribution in [0.2, 0.25) is 0 Å². The fourth-order valence-electron chi connectivity index (χ4n) is 2.67. The highest BCUT2D eigenvalue weighted by Gasteiger charge is 2.36. The van der Waals surface area contributed by atoms with Crippen LogP contribution in [-0.2, 0) is 16.1 Å². The summed E-state index contributed by atoms with van der Waals surface area (Å²) >= 11 is 1.59. The number of hydrogen-bond acceptors (Lipinski definition) is 4. The number of nitrogens with one attached hydrogen (secondary N) is 1. The van der Waals surface area contributed by atoms with Gasteiger partial charge in [0.25, 0.3) is 0 Å². The molecule has 2 amide bonds. The van der Waals surface area contributed by atoms with Gasteiger partial charge in [0.15, 0.2) is 0 Å². The van der Waals surface area contributed by atoms with Crippen molar-refractivity contribution >= 4 is 28.8 Å². The molecule has 0 radical (unpaired) electrons. The first-order valence-corrected chi connectivity index (χ1v) is 8.32. The van der Waals surface area contributed by atoms with E-state index in [1.165, 1.54) is 0 Å². The average molecular weight is 330 g/mol. The molecule has 1 aliphatic heterocycles. The van der Waals surface area contributed by atoms with Crippen molar-refractivity contribution in [2.45, 2.75) is 25.4 Å². The summed E-state index contributed by atoms with van der Waals surface area (Å²) in [6.07, 6.45) is 0.984. The second-order valence-corrected chi connectivity index (χ2v) is 6.41. The summed E-state index contributed by atoms with van der Waals surface area (Å²) in [6, 6.07) is 10.7. The Labute approximate surface area is 138 Å². The molecule has 120 valence electrons. The van der Waals surface area contributed by atoms with Gasteiger partial charge in [0.05, 0.1) is 13.7 Å². The molecule has 1 aromatic carbocycles. The number of rotatable bonds is 5. The number of hydrogen-bond donors (Lipinski definition) is 1. The second-order valence-electron chi connectivity index (χ2n) is 5.37. The van der Waals surface area contributed by atoms with Gasteiger partial charge in [-0.25, -0.2) is 0 Å². The Kier molecular flexibility index (Phi) is 4.62. The second kappa shape index (κ2) is 6.83. The summed E-state index contributed by atoms with van der Waals surface area (Å²) in [7, 11) is 1.60. The van der Waals surface area contributed by atoms with Crippen LogP contribution in [-0.4, -0.2) is 29.9 Å². The molecule has 0 saturated carbocycles. The molecule has 0 aliphatic carbocycles. The summed E-state index contributed by atoms with van der Waals surface area (Å²) in [6.45, 7) is 0.497. The molecule has 6 heteroatoms. The lowest BCUT2D eigenvalue weighted by molar-refractivity contribution is -0.133. The molecule has 1 fully saturated rings. The molecule has 0 spiro atoms. The van der Waals surface area contributed by atoms with Crippen LogP contribution in [0.4, 0.5) is 5.69 Å². The third-order valence-corrected chi connectivity index (χ3v) is 4.76. The van der Waals surface area contributed by atoms with Crippen LogP contribution >= 0.6 is 11.3 Å². The van der Waals surface area contributed by atoms with E-state index in [1.807, 2.05) is 17.5 Å². The van der Waals surface area contributed by atoms with Crippen LogP contribution in [0.5, 0.6) is 5.75 Å². The fraction of sp³-hybridized carbons (Fsp3) is 0.294. The number of methoxy groups -OCH3 is 1. The lowest BCUT2D eigenvalue weighted by atomic mass is 10.2. The maximum atomic E-state index is 12.5. The first-order chi connectivity index (χ1) is 11.2. The van der Waals surface area contributed by atoms with Crippen molar-refractivity contribution in [3.05, 3.63) is 46.7 Å². The van der Waals surface area contributed by atoms with Gasteiger partial charge in [-0.15, -0.1) is 11.3 Å². The Bertz CT molecular complexity index is 682. The predicted molar refractivity (Wildman–Crippen MR) is 89.5 cm³/mol. The SMILES string of the molecule is COc1ccc(NC(=O)C2CCC(=O)N2Cc2cccs2)cc1. The summed E-state index contributed by atoms with van der Waals surface area (Å²) in [5, 5.41) is 4.85. The fourth-order valence-corrected chi connectivity index (χ4v) is 3.38. The van der Waals surface area contributed by atoms with Gasteiger partial charge in [0, 0.05) is 17.0 Å². The van der Waals surface area contributed by atoms with Crippen LogP contribution in [0.15, 0.2) is 41.8 Å². The molecule has 1 saturated heterocycles. The molecule has 1 N–H and O–H groups in total. The molecule has 1 unspecified atom stereocenters. The van der Waals surface area contributed by atoms with Crippen LogP contribution in [0.3, 0.4) is 0 Å². The van der Waals surface area contributed by atoms with E-state index in [9.17, 15) is 9.59 Å². The molecule has 0 bridgehead atoms. The van der Waals surface area contributed by atoms with Crippen molar-refractivity contribution in [2.75, 3.05) is 12.4 Å². The number of anilines is 1. The molecular weight excluding hydrogens is 312 g/mol. The van der Waals surface area contributed by atoms with Crippen molar-refractivity contribution in [2.24, 2.45) is 0 Å². The maximum absolute atomic E-state index is 12.5. The van der Waals surface area contributed by atoms with E-state index >= 15 is 0 Å². The van der Waals surface area contributed by atoms with Crippen molar-refractivity contribution < 1.29 is 14.3 Å². The van der Waals surface area contributed by atoms with Crippen LogP contribution < -0.4 is 10.1 Å². The van der Waals surface area contributed by atoms with E-state index in [0.29, 0.717) is 25.1 Å². The minimum absolute atomic E-state index is 0.0354. The molecular formula is C17H18N2O3S. The Morgan fingerprint density at radius 2 is 2.13 bits per heavy atom. The summed E-state index contributed by atoms with van der Waals surface area (Å²) in [5.41, 5.74) is 0.700. The van der Waals surface area contributed by atoms with Gasteiger partial charge in [-0.05, 0) is 42.1 Å². The van der Waals surface area contributed by atoms with Gasteiger partial charge in [-0.2, -0.15) is 0 Å². The predicted octanol–water partition coefficient (Wildman–Crippen LogP) is 2.89. The van der Waals surface area contributed by atoms with Crippen molar-refractivity contribution in [3.8, 4) is 5.75 Å². The first-order valence-electron chi connectivity index (χ1n) is 7.44. The molecule has 3 rings (SSSR count). The monoisotopic (exact) mass is 330 g/mol. The molecule has 1 atom stereocenters. The van der Waals surface area contributed by atoms with E-state index in [2.05, 4.69) is 5.32 Å². The minimum Gasteiger partial charge on any atom is -0.497 e. The highest BCUT2D eigenvalue weighted by atomic mass is 32.1. The van der Waals surface area contributed by atoms with E-state index in [-0.39, 0.29) is 11.8 Å². The normalized spacial score (nSPS) is 17.3. The van der Waals surface area contributed by atoms with E-state index in [4.69, 9.17) is 4.74 Å². The summed E-state index contributed by atoms with van der Waals surface area (Å²) in [4.78, 5) is 27.4. The third-order valence-electron chi connectivity index (χ3n) is 3.89.